The van der Waals surface area contributed by atoms with Crippen molar-refractivity contribution in [2.75, 3.05) is 14.2 Å². The Balaban J connectivity index is 1.93. The number of hydrogen-bond donors (Lipinski definition) is 1. The van der Waals surface area contributed by atoms with E-state index in [0.29, 0.717) is 11.3 Å². The molecule has 0 spiro atoms. The van der Waals surface area contributed by atoms with Crippen molar-refractivity contribution in [1.29, 1.82) is 0 Å². The van der Waals surface area contributed by atoms with E-state index in [2.05, 4.69) is 4.98 Å². The Morgan fingerprint density at radius 2 is 1.88 bits per heavy atom. The summed E-state index contributed by atoms with van der Waals surface area (Å²) in [5.41, 5.74) is 0.654. The number of carbonyl (C=O) groups is 2. The van der Waals surface area contributed by atoms with Gasteiger partial charge in [0, 0.05) is 24.5 Å². The summed E-state index contributed by atoms with van der Waals surface area (Å²) in [4.78, 5) is 31.5. The molecule has 1 aliphatic rings. The van der Waals surface area contributed by atoms with Crippen LogP contribution in [0.15, 0.2) is 72.6 Å². The monoisotopic (exact) mass is 448 g/mol. The number of amides is 1. The molecule has 168 valence electrons. The van der Waals surface area contributed by atoms with E-state index < -0.39 is 29.3 Å². The highest BCUT2D eigenvalue weighted by Gasteiger charge is 2.47. The number of Topliss-reactive ketones (excluding diaryl/α,β-unsaturated/α-hetero) is 1. The SMILES string of the molecule is COc1ccc(OC)c(/C(O)=C2\C(=O)C(=O)N(Cc3cccnc3)C2c2ccccc2F)c1. The molecule has 0 bridgehead atoms. The predicted molar refractivity (Wildman–Crippen MR) is 118 cm³/mol. The Morgan fingerprint density at radius 3 is 2.55 bits per heavy atom. The lowest BCUT2D eigenvalue weighted by Gasteiger charge is -2.25. The van der Waals surface area contributed by atoms with Gasteiger partial charge in [-0.2, -0.15) is 0 Å². The second-order valence-electron chi connectivity index (χ2n) is 7.38. The lowest BCUT2D eigenvalue weighted by molar-refractivity contribution is -0.140. The van der Waals surface area contributed by atoms with E-state index in [1.54, 1.807) is 42.7 Å². The topological polar surface area (TPSA) is 89.0 Å². The van der Waals surface area contributed by atoms with Crippen LogP contribution in [0.2, 0.25) is 0 Å². The first-order valence-electron chi connectivity index (χ1n) is 10.1. The number of benzene rings is 2. The molecule has 1 aromatic heterocycles. The largest absolute Gasteiger partial charge is 0.507 e. The van der Waals surface area contributed by atoms with E-state index in [9.17, 15) is 19.1 Å². The highest BCUT2D eigenvalue weighted by atomic mass is 19.1. The third-order valence-corrected chi connectivity index (χ3v) is 5.48. The summed E-state index contributed by atoms with van der Waals surface area (Å²) < 4.78 is 25.5. The van der Waals surface area contributed by atoms with Crippen molar-refractivity contribution in [3.63, 3.8) is 0 Å². The van der Waals surface area contributed by atoms with Gasteiger partial charge in [-0.05, 0) is 35.9 Å². The average molecular weight is 448 g/mol. The second-order valence-corrected chi connectivity index (χ2v) is 7.38. The molecule has 0 radical (unpaired) electrons. The molecule has 33 heavy (non-hydrogen) atoms. The number of aromatic nitrogens is 1. The first-order chi connectivity index (χ1) is 16.0. The van der Waals surface area contributed by atoms with Crippen LogP contribution in [0.1, 0.15) is 22.7 Å². The summed E-state index contributed by atoms with van der Waals surface area (Å²) in [5, 5.41) is 11.3. The number of ether oxygens (including phenoxy) is 2. The van der Waals surface area contributed by atoms with Crippen LogP contribution in [0.4, 0.5) is 4.39 Å². The van der Waals surface area contributed by atoms with Crippen molar-refractivity contribution >= 4 is 17.4 Å². The first-order valence-corrected chi connectivity index (χ1v) is 10.1. The van der Waals surface area contributed by atoms with Gasteiger partial charge in [0.15, 0.2) is 0 Å². The zero-order valence-corrected chi connectivity index (χ0v) is 18.0. The van der Waals surface area contributed by atoms with Crippen molar-refractivity contribution in [3.8, 4) is 11.5 Å². The molecule has 1 N–H and O–H groups in total. The molecule has 2 heterocycles. The van der Waals surface area contributed by atoms with Gasteiger partial charge in [-0.1, -0.05) is 24.3 Å². The zero-order valence-electron chi connectivity index (χ0n) is 18.0. The van der Waals surface area contributed by atoms with Gasteiger partial charge in [0.05, 0.1) is 31.4 Å². The quantitative estimate of drug-likeness (QED) is 0.350. The Kier molecular flexibility index (Phi) is 6.08. The van der Waals surface area contributed by atoms with Gasteiger partial charge < -0.3 is 19.5 Å². The Morgan fingerprint density at radius 1 is 1.09 bits per heavy atom. The molecule has 7 nitrogen and oxygen atoms in total. The second kappa shape index (κ2) is 9.12. The number of aliphatic hydroxyl groups excluding tert-OH is 1. The van der Waals surface area contributed by atoms with Crippen LogP contribution in [0, 0.1) is 5.82 Å². The van der Waals surface area contributed by atoms with E-state index in [4.69, 9.17) is 9.47 Å². The van der Waals surface area contributed by atoms with Gasteiger partial charge >= 0.3 is 0 Å². The molecule has 2 aromatic carbocycles. The van der Waals surface area contributed by atoms with Gasteiger partial charge in [-0.25, -0.2) is 4.39 Å². The number of halogens is 1. The van der Waals surface area contributed by atoms with Crippen LogP contribution >= 0.6 is 0 Å². The first kappa shape index (κ1) is 22.0. The number of methoxy groups -OCH3 is 2. The minimum Gasteiger partial charge on any atom is -0.507 e. The molecule has 1 atom stereocenters. The van der Waals surface area contributed by atoms with Gasteiger partial charge in [0.1, 0.15) is 23.1 Å². The molecule has 0 aliphatic carbocycles. The van der Waals surface area contributed by atoms with Crippen molar-refractivity contribution in [3.05, 3.63) is 95.1 Å². The van der Waals surface area contributed by atoms with E-state index in [-0.39, 0.29) is 29.0 Å². The Labute approximate surface area is 189 Å². The summed E-state index contributed by atoms with van der Waals surface area (Å²) in [7, 11) is 2.87. The maximum Gasteiger partial charge on any atom is 0.295 e. The minimum atomic E-state index is -1.15. The maximum absolute atomic E-state index is 14.9. The van der Waals surface area contributed by atoms with Gasteiger partial charge in [0.25, 0.3) is 11.7 Å². The average Bonchev–Trinajstić information content (AvgIpc) is 3.09. The molecule has 3 aromatic rings. The lowest BCUT2D eigenvalue weighted by Crippen LogP contribution is -2.29. The summed E-state index contributed by atoms with van der Waals surface area (Å²) >= 11 is 0. The number of aliphatic hydroxyl groups is 1. The molecule has 0 saturated carbocycles. The third kappa shape index (κ3) is 4.03. The summed E-state index contributed by atoms with van der Waals surface area (Å²) in [6, 6.07) is 12.8. The predicted octanol–water partition coefficient (Wildman–Crippen LogP) is 3.86. The minimum absolute atomic E-state index is 0.00341. The smallest absolute Gasteiger partial charge is 0.295 e. The molecule has 1 fully saturated rings. The molecule has 1 unspecified atom stereocenters. The third-order valence-electron chi connectivity index (χ3n) is 5.48. The number of hydrogen-bond acceptors (Lipinski definition) is 6. The number of rotatable bonds is 6. The van der Waals surface area contributed by atoms with Crippen LogP contribution in [0.5, 0.6) is 11.5 Å². The number of carbonyl (C=O) groups excluding carboxylic acids is 2. The highest BCUT2D eigenvalue weighted by molar-refractivity contribution is 6.46. The molecule has 1 saturated heterocycles. The van der Waals surface area contributed by atoms with Gasteiger partial charge in [-0.3, -0.25) is 14.6 Å². The summed E-state index contributed by atoms with van der Waals surface area (Å²) in [6.45, 7) is 0.00341. The highest BCUT2D eigenvalue weighted by Crippen LogP contribution is 2.42. The van der Waals surface area contributed by atoms with Crippen LogP contribution in [0.3, 0.4) is 0 Å². The fourth-order valence-electron chi connectivity index (χ4n) is 3.90. The van der Waals surface area contributed by atoms with Crippen LogP contribution in [-0.4, -0.2) is 40.9 Å². The molecule has 8 heteroatoms. The summed E-state index contributed by atoms with van der Waals surface area (Å²) in [5.74, 6) is -2.19. The Bertz CT molecular complexity index is 1240. The van der Waals surface area contributed by atoms with Crippen LogP contribution in [-0.2, 0) is 16.1 Å². The van der Waals surface area contributed by atoms with Crippen molar-refractivity contribution in [2.45, 2.75) is 12.6 Å². The van der Waals surface area contributed by atoms with Gasteiger partial charge in [-0.15, -0.1) is 0 Å². The number of pyridine rings is 1. The van der Waals surface area contributed by atoms with Crippen LogP contribution in [0.25, 0.3) is 5.76 Å². The van der Waals surface area contributed by atoms with E-state index in [0.717, 1.165) is 0 Å². The van der Waals surface area contributed by atoms with Gasteiger partial charge in [0.2, 0.25) is 0 Å². The zero-order chi connectivity index (χ0) is 23.5. The molecular formula is C25H21FN2O5. The molecular weight excluding hydrogens is 427 g/mol. The lowest BCUT2D eigenvalue weighted by atomic mass is 9.94. The standard InChI is InChI=1S/C25H21FN2O5/c1-32-16-9-10-20(33-2)18(12-16)23(29)21-22(17-7-3-4-8-19(17)26)28(25(31)24(21)30)14-15-6-5-11-27-13-15/h3-13,22,29H,14H2,1-2H3/b23-21+. The normalized spacial score (nSPS) is 17.3. The molecule has 1 amide bonds. The van der Waals surface area contributed by atoms with E-state index >= 15 is 0 Å². The maximum atomic E-state index is 14.9. The fraction of sp³-hybridized carbons (Fsp3) is 0.160. The number of likely N-dealkylation sites (tertiary alicyclic amines) is 1. The fourth-order valence-corrected chi connectivity index (χ4v) is 3.90. The van der Waals surface area contributed by atoms with Crippen LogP contribution < -0.4 is 9.47 Å². The number of ketones is 1. The van der Waals surface area contributed by atoms with E-state index in [1.807, 2.05) is 0 Å². The molecule has 4 rings (SSSR count). The van der Waals surface area contributed by atoms with Crippen molar-refractivity contribution < 1.29 is 28.6 Å². The summed E-state index contributed by atoms with van der Waals surface area (Å²) in [6.07, 6.45) is 3.14. The Hall–Kier alpha value is -4.20. The van der Waals surface area contributed by atoms with Crippen molar-refractivity contribution in [1.82, 2.24) is 9.88 Å². The molecule has 1 aliphatic heterocycles. The van der Waals surface area contributed by atoms with E-state index in [1.165, 1.54) is 43.4 Å². The van der Waals surface area contributed by atoms with Crippen molar-refractivity contribution in [2.24, 2.45) is 0 Å². The number of nitrogens with zero attached hydrogens (tertiary/aromatic N) is 2.